The number of amides is 2. The zero-order chi connectivity index (χ0) is 28.9. The van der Waals surface area contributed by atoms with E-state index < -0.39 is 5.97 Å². The third-order valence-electron chi connectivity index (χ3n) is 8.86. The molecular formula is C33H40N2O6. The molecule has 1 aliphatic carbocycles. The minimum Gasteiger partial charge on any atom is -0.496 e. The summed E-state index contributed by atoms with van der Waals surface area (Å²) in [6.45, 7) is 4.86. The lowest BCUT2D eigenvalue weighted by Gasteiger charge is -2.35. The summed E-state index contributed by atoms with van der Waals surface area (Å²) in [6, 6.07) is 12.9. The Hall–Kier alpha value is -3.65. The lowest BCUT2D eigenvalue weighted by Crippen LogP contribution is -2.34. The fourth-order valence-corrected chi connectivity index (χ4v) is 6.30. The Labute approximate surface area is 241 Å². The quantitative estimate of drug-likeness (QED) is 0.375. The van der Waals surface area contributed by atoms with Crippen molar-refractivity contribution in [2.24, 2.45) is 11.8 Å². The molecule has 8 heteroatoms. The Balaban J connectivity index is 1.32. The van der Waals surface area contributed by atoms with E-state index in [9.17, 15) is 19.5 Å². The molecule has 2 heterocycles. The van der Waals surface area contributed by atoms with Crippen LogP contribution in [0.25, 0.3) is 6.08 Å². The molecule has 218 valence electrons. The number of imide groups is 1. The SMILES string of the molecule is COc1cc(CN(C[C@H]2CC[C@H](C(=O)O)CC2)C(C)c2ccc3c(c2)CCO3)ccc1/C=C/CN1C(=O)CCC1=O. The molecule has 2 fully saturated rings. The monoisotopic (exact) mass is 560 g/mol. The number of nitrogens with zero attached hydrogens (tertiary/aromatic N) is 2. The molecule has 2 aliphatic heterocycles. The molecule has 8 nitrogen and oxygen atoms in total. The Morgan fingerprint density at radius 2 is 1.85 bits per heavy atom. The van der Waals surface area contributed by atoms with E-state index in [0.29, 0.717) is 18.8 Å². The standard InChI is InChI=1S/C33H40N2O6/c1-22(27-11-12-29-28(19-27)15-17-41-29)34(20-23-5-9-26(10-6-23)33(38)39)21-24-7-8-25(30(18-24)40-2)4-3-16-35-31(36)13-14-32(35)37/h3-4,7-8,11-12,18-19,22-23,26H,5-6,9-10,13-17,20-21H2,1-2H3,(H,38,39)/b4-3+/t22?,23-,26-. The van der Waals surface area contributed by atoms with Crippen LogP contribution in [0.5, 0.6) is 11.5 Å². The maximum atomic E-state index is 11.9. The van der Waals surface area contributed by atoms with E-state index in [2.05, 4.69) is 42.2 Å². The molecule has 2 aromatic carbocycles. The normalized spacial score (nSPS) is 21.4. The molecule has 0 aromatic heterocycles. The smallest absolute Gasteiger partial charge is 0.306 e. The second-order valence-corrected chi connectivity index (χ2v) is 11.5. The van der Waals surface area contributed by atoms with Crippen LogP contribution in [-0.4, -0.2) is 59.5 Å². The maximum Gasteiger partial charge on any atom is 0.306 e. The van der Waals surface area contributed by atoms with Gasteiger partial charge in [0.05, 0.1) is 19.6 Å². The van der Waals surface area contributed by atoms with Gasteiger partial charge in [-0.2, -0.15) is 0 Å². The zero-order valence-electron chi connectivity index (χ0n) is 24.0. The van der Waals surface area contributed by atoms with E-state index in [1.165, 1.54) is 16.0 Å². The van der Waals surface area contributed by atoms with Crippen molar-refractivity contribution in [2.45, 2.75) is 64.5 Å². The lowest BCUT2D eigenvalue weighted by molar-refractivity contribution is -0.143. The highest BCUT2D eigenvalue weighted by molar-refractivity contribution is 6.02. The molecule has 2 aromatic rings. The Bertz CT molecular complexity index is 1300. The summed E-state index contributed by atoms with van der Waals surface area (Å²) in [4.78, 5) is 39.1. The third-order valence-corrected chi connectivity index (χ3v) is 8.86. The van der Waals surface area contributed by atoms with Gasteiger partial charge in [-0.25, -0.2) is 0 Å². The van der Waals surface area contributed by atoms with Crippen molar-refractivity contribution in [1.29, 1.82) is 0 Å². The first-order valence-electron chi connectivity index (χ1n) is 14.7. The van der Waals surface area contributed by atoms with Crippen LogP contribution >= 0.6 is 0 Å². The summed E-state index contributed by atoms with van der Waals surface area (Å²) in [7, 11) is 1.65. The number of methoxy groups -OCH3 is 1. The van der Waals surface area contributed by atoms with Crippen molar-refractivity contribution in [1.82, 2.24) is 9.80 Å². The maximum absolute atomic E-state index is 11.9. The van der Waals surface area contributed by atoms with Gasteiger partial charge in [0.1, 0.15) is 11.5 Å². The highest BCUT2D eigenvalue weighted by atomic mass is 16.5. The first-order chi connectivity index (χ1) is 19.8. The predicted octanol–water partition coefficient (Wildman–Crippen LogP) is 5.25. The van der Waals surface area contributed by atoms with E-state index in [1.54, 1.807) is 7.11 Å². The number of carbonyl (C=O) groups excluding carboxylic acids is 2. The number of aliphatic carboxylic acids is 1. The molecule has 41 heavy (non-hydrogen) atoms. The van der Waals surface area contributed by atoms with E-state index >= 15 is 0 Å². The van der Waals surface area contributed by atoms with E-state index in [4.69, 9.17) is 9.47 Å². The fraction of sp³-hybridized carbons (Fsp3) is 0.485. The number of carboxylic acid groups (broad SMARTS) is 1. The van der Waals surface area contributed by atoms with Gasteiger partial charge in [-0.05, 0) is 67.3 Å². The highest BCUT2D eigenvalue weighted by Crippen LogP contribution is 2.35. The first kappa shape index (κ1) is 28.9. The van der Waals surface area contributed by atoms with Crippen LogP contribution in [-0.2, 0) is 27.3 Å². The second-order valence-electron chi connectivity index (χ2n) is 11.5. The molecule has 1 saturated carbocycles. The number of benzene rings is 2. The Morgan fingerprint density at radius 3 is 2.56 bits per heavy atom. The number of ether oxygens (including phenoxy) is 2. The van der Waals surface area contributed by atoms with E-state index in [0.717, 1.165) is 74.4 Å². The molecule has 3 aliphatic rings. The van der Waals surface area contributed by atoms with Gasteiger partial charge in [-0.1, -0.05) is 36.4 Å². The van der Waals surface area contributed by atoms with Crippen molar-refractivity contribution >= 4 is 23.9 Å². The van der Waals surface area contributed by atoms with Gasteiger partial charge in [0, 0.05) is 50.5 Å². The summed E-state index contributed by atoms with van der Waals surface area (Å²) in [5, 5.41) is 9.45. The highest BCUT2D eigenvalue weighted by Gasteiger charge is 2.29. The van der Waals surface area contributed by atoms with Crippen LogP contribution in [0.4, 0.5) is 0 Å². The summed E-state index contributed by atoms with van der Waals surface area (Å²) in [6.07, 6.45) is 8.57. The average Bonchev–Trinajstić information content (AvgIpc) is 3.58. The fourth-order valence-electron chi connectivity index (χ4n) is 6.30. The zero-order valence-corrected chi connectivity index (χ0v) is 24.0. The van der Waals surface area contributed by atoms with Gasteiger partial charge in [-0.3, -0.25) is 24.2 Å². The molecule has 0 radical (unpaired) electrons. The molecule has 0 bridgehead atoms. The molecule has 1 saturated heterocycles. The molecule has 0 spiro atoms. The molecular weight excluding hydrogens is 520 g/mol. The van der Waals surface area contributed by atoms with Crippen LogP contribution in [0.3, 0.4) is 0 Å². The third kappa shape index (κ3) is 6.81. The average molecular weight is 561 g/mol. The molecule has 2 amide bonds. The Kier molecular flexibility index (Phi) is 9.08. The largest absolute Gasteiger partial charge is 0.496 e. The van der Waals surface area contributed by atoms with Crippen molar-refractivity contribution in [2.75, 3.05) is 26.8 Å². The van der Waals surface area contributed by atoms with Crippen LogP contribution in [0.15, 0.2) is 42.5 Å². The first-order valence-corrected chi connectivity index (χ1v) is 14.7. The molecule has 1 unspecified atom stereocenters. The number of fused-ring (bicyclic) bond motifs is 1. The van der Waals surface area contributed by atoms with Crippen LogP contribution < -0.4 is 9.47 Å². The number of rotatable bonds is 11. The number of carboxylic acids is 1. The van der Waals surface area contributed by atoms with Gasteiger partial charge >= 0.3 is 5.97 Å². The summed E-state index contributed by atoms with van der Waals surface area (Å²) in [5.41, 5.74) is 4.53. The van der Waals surface area contributed by atoms with Crippen LogP contribution in [0, 0.1) is 11.8 Å². The lowest BCUT2D eigenvalue weighted by atomic mass is 9.81. The van der Waals surface area contributed by atoms with Gasteiger partial charge in [-0.15, -0.1) is 0 Å². The van der Waals surface area contributed by atoms with Crippen molar-refractivity contribution in [3.05, 3.63) is 64.7 Å². The number of hydrogen-bond acceptors (Lipinski definition) is 6. The van der Waals surface area contributed by atoms with Gasteiger partial charge in [0.25, 0.3) is 0 Å². The number of likely N-dealkylation sites (tertiary alicyclic amines) is 1. The van der Waals surface area contributed by atoms with Gasteiger partial charge < -0.3 is 14.6 Å². The van der Waals surface area contributed by atoms with Crippen LogP contribution in [0.2, 0.25) is 0 Å². The summed E-state index contributed by atoms with van der Waals surface area (Å²) in [5.74, 6) is 1.03. The molecule has 5 rings (SSSR count). The van der Waals surface area contributed by atoms with Crippen molar-refractivity contribution in [3.8, 4) is 11.5 Å². The molecule has 1 atom stereocenters. The second kappa shape index (κ2) is 12.9. The van der Waals surface area contributed by atoms with Gasteiger partial charge in [0.2, 0.25) is 11.8 Å². The minimum absolute atomic E-state index is 0.122. The number of hydrogen-bond donors (Lipinski definition) is 1. The summed E-state index contributed by atoms with van der Waals surface area (Å²) >= 11 is 0. The van der Waals surface area contributed by atoms with Crippen molar-refractivity contribution < 1.29 is 29.0 Å². The summed E-state index contributed by atoms with van der Waals surface area (Å²) < 4.78 is 11.5. The van der Waals surface area contributed by atoms with E-state index in [-0.39, 0.29) is 30.3 Å². The molecule has 1 N–H and O–H groups in total. The predicted molar refractivity (Wildman–Crippen MR) is 156 cm³/mol. The van der Waals surface area contributed by atoms with E-state index in [1.807, 2.05) is 18.2 Å². The Morgan fingerprint density at radius 1 is 1.10 bits per heavy atom. The van der Waals surface area contributed by atoms with Crippen molar-refractivity contribution in [3.63, 3.8) is 0 Å². The minimum atomic E-state index is -0.672. The van der Waals surface area contributed by atoms with Gasteiger partial charge in [0.15, 0.2) is 0 Å². The number of carbonyl (C=O) groups is 3. The van der Waals surface area contributed by atoms with Crippen LogP contribution in [0.1, 0.15) is 73.7 Å². The topological polar surface area (TPSA) is 96.4 Å².